The van der Waals surface area contributed by atoms with Crippen LogP contribution in [0, 0.1) is 6.92 Å². The summed E-state index contributed by atoms with van der Waals surface area (Å²) >= 11 is 0. The summed E-state index contributed by atoms with van der Waals surface area (Å²) in [6.45, 7) is 6.31. The monoisotopic (exact) mass is 378 g/mol. The second-order valence-corrected chi connectivity index (χ2v) is 6.10. The molecule has 142 valence electrons. The van der Waals surface area contributed by atoms with E-state index >= 15 is 0 Å². The van der Waals surface area contributed by atoms with E-state index in [4.69, 9.17) is 15.2 Å². The van der Waals surface area contributed by atoms with Crippen LogP contribution >= 0.6 is 12.4 Å². The van der Waals surface area contributed by atoms with Crippen molar-refractivity contribution in [1.29, 1.82) is 0 Å². The molecule has 1 unspecified atom stereocenters. The summed E-state index contributed by atoms with van der Waals surface area (Å²) in [5.74, 6) is 0.962. The highest BCUT2D eigenvalue weighted by Gasteiger charge is 2.10. The van der Waals surface area contributed by atoms with Crippen molar-refractivity contribution < 1.29 is 14.3 Å². The number of rotatable bonds is 8. The van der Waals surface area contributed by atoms with Gasteiger partial charge in [0.05, 0.1) is 6.61 Å². The van der Waals surface area contributed by atoms with Gasteiger partial charge in [-0.25, -0.2) is 0 Å². The van der Waals surface area contributed by atoms with Crippen LogP contribution in [0.25, 0.3) is 0 Å². The second-order valence-electron chi connectivity index (χ2n) is 6.10. The van der Waals surface area contributed by atoms with Gasteiger partial charge in [-0.05, 0) is 57.0 Å². The summed E-state index contributed by atoms with van der Waals surface area (Å²) in [5.41, 5.74) is 8.81. The molecular weight excluding hydrogens is 352 g/mol. The van der Waals surface area contributed by atoms with Gasteiger partial charge in [-0.1, -0.05) is 23.8 Å². The minimum Gasteiger partial charge on any atom is -0.490 e. The van der Waals surface area contributed by atoms with Crippen LogP contribution in [0.1, 0.15) is 25.0 Å². The maximum absolute atomic E-state index is 12.1. The van der Waals surface area contributed by atoms with Crippen molar-refractivity contribution in [3.05, 3.63) is 53.6 Å². The molecule has 0 saturated heterocycles. The number of ether oxygens (including phenoxy) is 2. The molecule has 26 heavy (non-hydrogen) atoms. The highest BCUT2D eigenvalue weighted by Crippen LogP contribution is 2.29. The molecule has 0 heterocycles. The molecule has 0 aliphatic heterocycles. The Labute approximate surface area is 161 Å². The van der Waals surface area contributed by atoms with Gasteiger partial charge in [0.15, 0.2) is 18.1 Å². The van der Waals surface area contributed by atoms with Crippen molar-refractivity contribution in [2.75, 3.05) is 18.5 Å². The molecule has 0 spiro atoms. The second kappa shape index (κ2) is 10.7. The summed E-state index contributed by atoms with van der Waals surface area (Å²) in [6.07, 6.45) is 0.758. The zero-order valence-electron chi connectivity index (χ0n) is 15.5. The van der Waals surface area contributed by atoms with E-state index in [0.717, 1.165) is 23.2 Å². The standard InChI is InChI=1S/C20H26N2O3.ClH/c1-4-24-19-12-16(11-15(3)21)7-10-18(19)25-13-20(23)22-17-8-5-14(2)6-9-17;/h5-10,12,15H,4,11,13,21H2,1-3H3,(H,22,23);1H. The van der Waals surface area contributed by atoms with Crippen molar-refractivity contribution in [1.82, 2.24) is 0 Å². The predicted octanol–water partition coefficient (Wildman–Crippen LogP) is 3.72. The Hall–Kier alpha value is -2.24. The van der Waals surface area contributed by atoms with Crippen LogP contribution in [0.5, 0.6) is 11.5 Å². The lowest BCUT2D eigenvalue weighted by Crippen LogP contribution is -2.20. The summed E-state index contributed by atoms with van der Waals surface area (Å²) in [4.78, 5) is 12.1. The van der Waals surface area contributed by atoms with Gasteiger partial charge in [-0.15, -0.1) is 12.4 Å². The number of aryl methyl sites for hydroxylation is 1. The molecule has 0 fully saturated rings. The minimum absolute atomic E-state index is 0. The van der Waals surface area contributed by atoms with E-state index in [-0.39, 0.29) is 31.0 Å². The van der Waals surface area contributed by atoms with Crippen LogP contribution in [0.4, 0.5) is 5.69 Å². The molecule has 0 aliphatic carbocycles. The summed E-state index contributed by atoms with van der Waals surface area (Å²) < 4.78 is 11.3. The third kappa shape index (κ3) is 6.94. The number of hydrogen-bond donors (Lipinski definition) is 2. The number of halogens is 1. The Morgan fingerprint density at radius 3 is 2.42 bits per heavy atom. The molecule has 0 aromatic heterocycles. The molecule has 5 nitrogen and oxygen atoms in total. The number of benzene rings is 2. The molecule has 1 amide bonds. The fourth-order valence-corrected chi connectivity index (χ4v) is 2.42. The van der Waals surface area contributed by atoms with Crippen LogP contribution in [0.15, 0.2) is 42.5 Å². The average molecular weight is 379 g/mol. The summed E-state index contributed by atoms with van der Waals surface area (Å²) in [7, 11) is 0. The molecule has 1 atom stereocenters. The highest BCUT2D eigenvalue weighted by atomic mass is 35.5. The molecular formula is C20H27ClN2O3. The Balaban J connectivity index is 0.00000338. The number of carbonyl (C=O) groups is 1. The zero-order chi connectivity index (χ0) is 18.2. The fraction of sp³-hybridized carbons (Fsp3) is 0.350. The minimum atomic E-state index is -0.217. The van der Waals surface area contributed by atoms with Crippen molar-refractivity contribution in [3.63, 3.8) is 0 Å². The molecule has 6 heteroatoms. The van der Waals surface area contributed by atoms with E-state index < -0.39 is 0 Å². The SMILES string of the molecule is CCOc1cc(CC(C)N)ccc1OCC(=O)Nc1ccc(C)cc1.Cl. The van der Waals surface area contributed by atoms with Gasteiger partial charge in [-0.3, -0.25) is 4.79 Å². The van der Waals surface area contributed by atoms with Crippen molar-refractivity contribution in [2.45, 2.75) is 33.2 Å². The first kappa shape index (κ1) is 21.8. The predicted molar refractivity (Wildman–Crippen MR) is 108 cm³/mol. The molecule has 0 aliphatic rings. The van der Waals surface area contributed by atoms with E-state index in [9.17, 15) is 4.79 Å². The van der Waals surface area contributed by atoms with E-state index in [2.05, 4.69) is 5.32 Å². The first-order chi connectivity index (χ1) is 12.0. The Bertz CT molecular complexity index is 703. The maximum Gasteiger partial charge on any atom is 0.262 e. The lowest BCUT2D eigenvalue weighted by molar-refractivity contribution is -0.118. The van der Waals surface area contributed by atoms with Gasteiger partial charge in [-0.2, -0.15) is 0 Å². The number of carbonyl (C=O) groups excluding carboxylic acids is 1. The molecule has 0 bridgehead atoms. The van der Waals surface area contributed by atoms with E-state index in [1.165, 1.54) is 0 Å². The first-order valence-corrected chi connectivity index (χ1v) is 8.48. The van der Waals surface area contributed by atoms with E-state index in [1.54, 1.807) is 0 Å². The number of amides is 1. The van der Waals surface area contributed by atoms with Crippen LogP contribution in [0.3, 0.4) is 0 Å². The summed E-state index contributed by atoms with van der Waals surface area (Å²) in [6, 6.07) is 13.4. The Kier molecular flexibility index (Phi) is 8.96. The van der Waals surface area contributed by atoms with Crippen molar-refractivity contribution >= 4 is 24.0 Å². The first-order valence-electron chi connectivity index (χ1n) is 8.48. The molecule has 0 saturated carbocycles. The summed E-state index contributed by atoms with van der Waals surface area (Å²) in [5, 5.41) is 2.81. The van der Waals surface area contributed by atoms with Crippen LogP contribution in [0.2, 0.25) is 0 Å². The van der Waals surface area contributed by atoms with Crippen LogP contribution < -0.4 is 20.5 Å². The number of anilines is 1. The lowest BCUT2D eigenvalue weighted by Gasteiger charge is -2.14. The molecule has 0 radical (unpaired) electrons. The van der Waals surface area contributed by atoms with Gasteiger partial charge >= 0.3 is 0 Å². The number of hydrogen-bond acceptors (Lipinski definition) is 4. The van der Waals surface area contributed by atoms with Crippen molar-refractivity contribution in [2.24, 2.45) is 5.73 Å². The Morgan fingerprint density at radius 1 is 1.12 bits per heavy atom. The van der Waals surface area contributed by atoms with Gasteiger partial charge in [0, 0.05) is 11.7 Å². The van der Waals surface area contributed by atoms with Gasteiger partial charge in [0.25, 0.3) is 5.91 Å². The third-order valence-corrected chi connectivity index (χ3v) is 3.56. The van der Waals surface area contributed by atoms with Gasteiger partial charge in [0.2, 0.25) is 0 Å². The number of nitrogens with one attached hydrogen (secondary N) is 1. The largest absolute Gasteiger partial charge is 0.490 e. The Morgan fingerprint density at radius 2 is 1.81 bits per heavy atom. The lowest BCUT2D eigenvalue weighted by atomic mass is 10.1. The normalized spacial score (nSPS) is 11.2. The van der Waals surface area contributed by atoms with Gasteiger partial charge < -0.3 is 20.5 Å². The molecule has 3 N–H and O–H groups in total. The van der Waals surface area contributed by atoms with Crippen LogP contribution in [-0.4, -0.2) is 25.2 Å². The molecule has 2 aromatic carbocycles. The highest BCUT2D eigenvalue weighted by molar-refractivity contribution is 5.91. The van der Waals surface area contributed by atoms with Gasteiger partial charge in [0.1, 0.15) is 0 Å². The number of nitrogens with two attached hydrogens (primary N) is 1. The van der Waals surface area contributed by atoms with E-state index in [1.807, 2.05) is 63.2 Å². The average Bonchev–Trinajstić information content (AvgIpc) is 2.56. The van der Waals surface area contributed by atoms with Crippen molar-refractivity contribution in [3.8, 4) is 11.5 Å². The zero-order valence-corrected chi connectivity index (χ0v) is 16.3. The fourth-order valence-electron chi connectivity index (χ4n) is 2.42. The maximum atomic E-state index is 12.1. The molecule has 2 aromatic rings. The smallest absolute Gasteiger partial charge is 0.262 e. The van der Waals surface area contributed by atoms with Crippen LogP contribution in [-0.2, 0) is 11.2 Å². The quantitative estimate of drug-likeness (QED) is 0.734. The topological polar surface area (TPSA) is 73.6 Å². The van der Waals surface area contributed by atoms with E-state index in [0.29, 0.717) is 18.1 Å². The molecule has 2 rings (SSSR count). The third-order valence-electron chi connectivity index (χ3n) is 3.56.